The molecule has 4 rings (SSSR count). The van der Waals surface area contributed by atoms with Crippen LogP contribution in [0.3, 0.4) is 0 Å². The summed E-state index contributed by atoms with van der Waals surface area (Å²) in [4.78, 5) is 14.8. The highest BCUT2D eigenvalue weighted by molar-refractivity contribution is 7.99. The zero-order valence-electron chi connectivity index (χ0n) is 18.7. The minimum Gasteiger partial charge on any atom is -0.493 e. The fourth-order valence-electron chi connectivity index (χ4n) is 3.56. The smallest absolute Gasteiger partial charge is 0.277 e. The summed E-state index contributed by atoms with van der Waals surface area (Å²) in [5, 5.41) is 11.5. The van der Waals surface area contributed by atoms with Gasteiger partial charge in [0.25, 0.3) is 11.1 Å². The van der Waals surface area contributed by atoms with Gasteiger partial charge in [-0.15, -0.1) is 10.2 Å². The molecular weight excluding hydrogens is 440 g/mol. The molecule has 1 aliphatic rings. The van der Waals surface area contributed by atoms with Crippen LogP contribution in [0.15, 0.2) is 58.2 Å². The number of ether oxygens (including phenoxy) is 2. The van der Waals surface area contributed by atoms with Gasteiger partial charge < -0.3 is 19.2 Å². The van der Waals surface area contributed by atoms with Crippen molar-refractivity contribution in [3.63, 3.8) is 0 Å². The van der Waals surface area contributed by atoms with Crippen molar-refractivity contribution >= 4 is 17.7 Å². The first-order valence-corrected chi connectivity index (χ1v) is 12.0. The summed E-state index contributed by atoms with van der Waals surface area (Å²) in [6, 6.07) is 15.7. The number of thioether (sulfide) groups is 1. The fourth-order valence-corrected chi connectivity index (χ4v) is 4.15. The fraction of sp³-hybridized carbons (Fsp3) is 0.375. The summed E-state index contributed by atoms with van der Waals surface area (Å²) < 4.78 is 16.8. The second kappa shape index (κ2) is 11.8. The van der Waals surface area contributed by atoms with Crippen LogP contribution in [-0.2, 0) is 22.6 Å². The lowest BCUT2D eigenvalue weighted by Gasteiger charge is -2.27. The minimum atomic E-state index is -0.0874. The zero-order valence-corrected chi connectivity index (χ0v) is 19.5. The molecule has 3 aromatic rings. The molecule has 33 heavy (non-hydrogen) atoms. The number of aromatic nitrogens is 2. The zero-order chi connectivity index (χ0) is 22.9. The van der Waals surface area contributed by atoms with E-state index >= 15 is 0 Å². The van der Waals surface area contributed by atoms with Gasteiger partial charge in [0.15, 0.2) is 0 Å². The molecule has 1 saturated heterocycles. The standard InChI is InChI=1S/C24H28N4O4S/c1-2-31-21-10-6-5-9-20(21)23-26-27-24(32-23)33-17-22(29)25-15-18-7-3-4-8-19(18)16-28-11-13-30-14-12-28/h3-10H,2,11-17H2,1H3,(H,25,29). The molecule has 0 bridgehead atoms. The number of hydrogen-bond acceptors (Lipinski definition) is 8. The number of rotatable bonds is 10. The number of carbonyl (C=O) groups excluding carboxylic acids is 1. The highest BCUT2D eigenvalue weighted by atomic mass is 32.2. The molecular formula is C24H28N4O4S. The van der Waals surface area contributed by atoms with Crippen LogP contribution in [0.1, 0.15) is 18.1 Å². The van der Waals surface area contributed by atoms with Gasteiger partial charge in [-0.1, -0.05) is 48.2 Å². The monoisotopic (exact) mass is 468 g/mol. The van der Waals surface area contributed by atoms with Gasteiger partial charge in [0.2, 0.25) is 5.91 Å². The summed E-state index contributed by atoms with van der Waals surface area (Å²) in [6.07, 6.45) is 0. The van der Waals surface area contributed by atoms with E-state index < -0.39 is 0 Å². The Balaban J connectivity index is 1.29. The molecule has 1 aromatic heterocycles. The van der Waals surface area contributed by atoms with E-state index in [9.17, 15) is 4.79 Å². The van der Waals surface area contributed by atoms with Gasteiger partial charge in [-0.3, -0.25) is 9.69 Å². The Bertz CT molecular complexity index is 1050. The number of morpholine rings is 1. The molecule has 0 aliphatic carbocycles. The molecule has 174 valence electrons. The Morgan fingerprint density at radius 1 is 1.09 bits per heavy atom. The highest BCUT2D eigenvalue weighted by Crippen LogP contribution is 2.30. The van der Waals surface area contributed by atoms with Crippen LogP contribution in [0.5, 0.6) is 5.75 Å². The second-order valence-corrected chi connectivity index (χ2v) is 8.45. The van der Waals surface area contributed by atoms with Crippen LogP contribution in [-0.4, -0.2) is 59.7 Å². The normalized spacial score (nSPS) is 14.2. The first-order chi connectivity index (χ1) is 16.2. The van der Waals surface area contributed by atoms with Crippen LogP contribution in [0.2, 0.25) is 0 Å². The first kappa shape index (κ1) is 23.3. The third kappa shape index (κ3) is 6.56. The van der Waals surface area contributed by atoms with Crippen molar-refractivity contribution in [2.75, 3.05) is 38.7 Å². The van der Waals surface area contributed by atoms with Gasteiger partial charge in [0, 0.05) is 26.2 Å². The molecule has 0 spiro atoms. The predicted molar refractivity (Wildman–Crippen MR) is 126 cm³/mol. The van der Waals surface area contributed by atoms with E-state index in [4.69, 9.17) is 13.9 Å². The van der Waals surface area contributed by atoms with Gasteiger partial charge in [0.1, 0.15) is 5.75 Å². The van der Waals surface area contributed by atoms with Crippen LogP contribution >= 0.6 is 11.8 Å². The number of para-hydroxylation sites is 1. The summed E-state index contributed by atoms with van der Waals surface area (Å²) in [6.45, 7) is 7.20. The van der Waals surface area contributed by atoms with Crippen molar-refractivity contribution in [2.24, 2.45) is 0 Å². The van der Waals surface area contributed by atoms with E-state index in [0.717, 1.165) is 44.0 Å². The number of carbonyl (C=O) groups is 1. The Morgan fingerprint density at radius 2 is 1.85 bits per heavy atom. The molecule has 0 saturated carbocycles. The first-order valence-electron chi connectivity index (χ1n) is 11.0. The Hall–Kier alpha value is -2.88. The maximum absolute atomic E-state index is 12.4. The third-order valence-electron chi connectivity index (χ3n) is 5.24. The summed E-state index contributed by atoms with van der Waals surface area (Å²) in [7, 11) is 0. The van der Waals surface area contributed by atoms with Crippen LogP contribution in [0.4, 0.5) is 0 Å². The van der Waals surface area contributed by atoms with Crippen molar-refractivity contribution < 1.29 is 18.7 Å². The predicted octanol–water partition coefficient (Wildman–Crippen LogP) is 3.38. The van der Waals surface area contributed by atoms with Gasteiger partial charge >= 0.3 is 0 Å². The molecule has 0 radical (unpaired) electrons. The van der Waals surface area contributed by atoms with Crippen LogP contribution in [0, 0.1) is 0 Å². The Morgan fingerprint density at radius 3 is 2.67 bits per heavy atom. The average Bonchev–Trinajstić information content (AvgIpc) is 3.32. The lowest BCUT2D eigenvalue weighted by molar-refractivity contribution is -0.118. The maximum atomic E-state index is 12.4. The van der Waals surface area contributed by atoms with Crippen LogP contribution in [0.25, 0.3) is 11.5 Å². The highest BCUT2D eigenvalue weighted by Gasteiger charge is 2.16. The van der Waals surface area contributed by atoms with E-state index in [2.05, 4.69) is 32.5 Å². The quantitative estimate of drug-likeness (QED) is 0.453. The molecule has 2 aromatic carbocycles. The Labute approximate surface area is 197 Å². The van der Waals surface area contributed by atoms with Crippen molar-refractivity contribution in [3.05, 3.63) is 59.7 Å². The second-order valence-electron chi connectivity index (χ2n) is 7.52. The molecule has 0 atom stereocenters. The summed E-state index contributed by atoms with van der Waals surface area (Å²) in [5.74, 6) is 1.17. The lowest BCUT2D eigenvalue weighted by atomic mass is 10.1. The third-order valence-corrected chi connectivity index (χ3v) is 6.06. The SMILES string of the molecule is CCOc1ccccc1-c1nnc(SCC(=O)NCc2ccccc2CN2CCOCC2)o1. The molecule has 1 amide bonds. The molecule has 1 aliphatic heterocycles. The number of nitrogens with zero attached hydrogens (tertiary/aromatic N) is 3. The number of benzene rings is 2. The van der Waals surface area contributed by atoms with Crippen molar-refractivity contribution in [2.45, 2.75) is 25.2 Å². The molecule has 0 unspecified atom stereocenters. The summed E-state index contributed by atoms with van der Waals surface area (Å²) in [5.41, 5.74) is 3.08. The lowest BCUT2D eigenvalue weighted by Crippen LogP contribution is -2.36. The molecule has 1 N–H and O–H groups in total. The molecule has 2 heterocycles. The van der Waals surface area contributed by atoms with Crippen molar-refractivity contribution in [1.82, 2.24) is 20.4 Å². The van der Waals surface area contributed by atoms with Crippen molar-refractivity contribution in [3.8, 4) is 17.2 Å². The largest absolute Gasteiger partial charge is 0.493 e. The van der Waals surface area contributed by atoms with Crippen LogP contribution < -0.4 is 10.1 Å². The van der Waals surface area contributed by atoms with Gasteiger partial charge in [-0.2, -0.15) is 0 Å². The van der Waals surface area contributed by atoms with Gasteiger partial charge in [0.05, 0.1) is 31.1 Å². The number of amides is 1. The molecule has 8 nitrogen and oxygen atoms in total. The number of hydrogen-bond donors (Lipinski definition) is 1. The van der Waals surface area contributed by atoms with E-state index in [1.54, 1.807) is 0 Å². The molecule has 1 fully saturated rings. The van der Waals surface area contributed by atoms with E-state index in [-0.39, 0.29) is 11.7 Å². The Kier molecular flexibility index (Phi) is 8.35. The topological polar surface area (TPSA) is 89.7 Å². The average molecular weight is 469 g/mol. The van der Waals surface area contributed by atoms with Gasteiger partial charge in [-0.25, -0.2) is 0 Å². The molecule has 9 heteroatoms. The number of nitrogens with one attached hydrogen (secondary N) is 1. The van der Waals surface area contributed by atoms with Gasteiger partial charge in [-0.05, 0) is 30.2 Å². The summed E-state index contributed by atoms with van der Waals surface area (Å²) >= 11 is 1.22. The van der Waals surface area contributed by atoms with E-state index in [1.807, 2.05) is 43.3 Å². The minimum absolute atomic E-state index is 0.0874. The maximum Gasteiger partial charge on any atom is 0.277 e. The van der Waals surface area contributed by atoms with E-state index in [0.29, 0.717) is 30.0 Å². The van der Waals surface area contributed by atoms with Crippen molar-refractivity contribution in [1.29, 1.82) is 0 Å². The van der Waals surface area contributed by atoms with E-state index in [1.165, 1.54) is 17.3 Å².